The van der Waals surface area contributed by atoms with Gasteiger partial charge in [0, 0.05) is 37.0 Å². The summed E-state index contributed by atoms with van der Waals surface area (Å²) in [4.78, 5) is 9.13. The Morgan fingerprint density at radius 3 is 3.03 bits per heavy atom. The van der Waals surface area contributed by atoms with E-state index in [0.717, 1.165) is 73.1 Å². The molecule has 2 N–H and O–H groups in total. The minimum atomic E-state index is 0.207. The zero-order valence-electron chi connectivity index (χ0n) is 17.6. The Labute approximate surface area is 181 Å². The van der Waals surface area contributed by atoms with Gasteiger partial charge in [0.2, 0.25) is 5.95 Å². The Balaban J connectivity index is 1.35. The van der Waals surface area contributed by atoms with Crippen LogP contribution in [-0.4, -0.2) is 47.5 Å². The normalized spacial score (nSPS) is 21.2. The number of aryl methyl sites for hydroxylation is 1. The van der Waals surface area contributed by atoms with Crippen LogP contribution in [0.4, 0.5) is 11.6 Å². The number of aromatic nitrogens is 3. The van der Waals surface area contributed by atoms with Gasteiger partial charge in [0.15, 0.2) is 0 Å². The van der Waals surface area contributed by atoms with Crippen LogP contribution in [0.1, 0.15) is 36.6 Å². The van der Waals surface area contributed by atoms with Crippen molar-refractivity contribution in [3.05, 3.63) is 48.0 Å². The van der Waals surface area contributed by atoms with E-state index in [4.69, 9.17) is 19.0 Å². The van der Waals surface area contributed by atoms with Crippen molar-refractivity contribution in [2.75, 3.05) is 31.6 Å². The largest absolute Gasteiger partial charge is 0.489 e. The lowest BCUT2D eigenvalue weighted by Crippen LogP contribution is -2.37. The molecular formula is C23H27N5O3. The molecular weight excluding hydrogens is 394 g/mol. The standard InChI is InChI=1S/C23H27N5O3/c1-15-21(22(28-31-15)16-8-11-29-14-16)20-7-10-25-23(27-20)26-17-4-2-5-18(12-17)30-19-6-3-9-24-13-19/h2,4-5,7,10,12,16,19,24H,3,6,8-9,11,13-14H2,1H3,(H,25,26,27). The number of nitrogens with one attached hydrogen (secondary N) is 2. The Kier molecular flexibility index (Phi) is 5.82. The Morgan fingerprint density at radius 1 is 1.23 bits per heavy atom. The fourth-order valence-corrected chi connectivity index (χ4v) is 4.18. The van der Waals surface area contributed by atoms with Crippen LogP contribution in [0.3, 0.4) is 0 Å². The smallest absolute Gasteiger partial charge is 0.227 e. The van der Waals surface area contributed by atoms with Gasteiger partial charge in [0.05, 0.1) is 23.6 Å². The monoisotopic (exact) mass is 421 g/mol. The highest BCUT2D eigenvalue weighted by Crippen LogP contribution is 2.35. The molecule has 2 aromatic heterocycles. The van der Waals surface area contributed by atoms with Crippen molar-refractivity contribution < 1.29 is 14.0 Å². The van der Waals surface area contributed by atoms with E-state index in [-0.39, 0.29) is 12.0 Å². The number of benzene rings is 1. The molecule has 5 rings (SSSR count). The number of anilines is 2. The summed E-state index contributed by atoms with van der Waals surface area (Å²) in [7, 11) is 0. The van der Waals surface area contributed by atoms with Gasteiger partial charge in [0.1, 0.15) is 17.6 Å². The first kappa shape index (κ1) is 20.0. The second-order valence-electron chi connectivity index (χ2n) is 8.06. The quantitative estimate of drug-likeness (QED) is 0.620. The summed E-state index contributed by atoms with van der Waals surface area (Å²) in [5, 5.41) is 11.0. The summed E-state index contributed by atoms with van der Waals surface area (Å²) < 4.78 is 17.2. The second-order valence-corrected chi connectivity index (χ2v) is 8.06. The summed E-state index contributed by atoms with van der Waals surface area (Å²) in [5.41, 5.74) is 3.52. The maximum absolute atomic E-state index is 6.13. The topological polar surface area (TPSA) is 94.3 Å². The molecule has 4 heterocycles. The van der Waals surface area contributed by atoms with E-state index >= 15 is 0 Å². The second kappa shape index (κ2) is 9.03. The van der Waals surface area contributed by atoms with E-state index in [1.165, 1.54) is 0 Å². The SMILES string of the molecule is Cc1onc(C2CCOC2)c1-c1ccnc(Nc2cccc(OC3CCCNC3)c2)n1. The van der Waals surface area contributed by atoms with Gasteiger partial charge in [0.25, 0.3) is 0 Å². The maximum atomic E-state index is 6.13. The van der Waals surface area contributed by atoms with Crippen LogP contribution >= 0.6 is 0 Å². The molecule has 0 radical (unpaired) electrons. The van der Waals surface area contributed by atoms with Crippen LogP contribution in [0.5, 0.6) is 5.75 Å². The highest BCUT2D eigenvalue weighted by Gasteiger charge is 2.27. The predicted molar refractivity (Wildman–Crippen MR) is 117 cm³/mol. The zero-order valence-corrected chi connectivity index (χ0v) is 17.6. The minimum Gasteiger partial charge on any atom is -0.489 e. The first-order valence-electron chi connectivity index (χ1n) is 10.9. The van der Waals surface area contributed by atoms with E-state index in [1.54, 1.807) is 6.20 Å². The molecule has 8 nitrogen and oxygen atoms in total. The molecule has 2 unspecified atom stereocenters. The van der Waals surface area contributed by atoms with Crippen LogP contribution in [0.2, 0.25) is 0 Å². The third kappa shape index (κ3) is 4.55. The average molecular weight is 422 g/mol. The van der Waals surface area contributed by atoms with Crippen molar-refractivity contribution in [1.29, 1.82) is 0 Å². The van der Waals surface area contributed by atoms with Crippen LogP contribution < -0.4 is 15.4 Å². The summed E-state index contributed by atoms with van der Waals surface area (Å²) in [6.45, 7) is 5.28. The van der Waals surface area contributed by atoms with E-state index in [0.29, 0.717) is 12.6 Å². The molecule has 2 fully saturated rings. The number of nitrogens with zero attached hydrogens (tertiary/aromatic N) is 3. The molecule has 162 valence electrons. The van der Waals surface area contributed by atoms with Crippen LogP contribution in [-0.2, 0) is 4.74 Å². The van der Waals surface area contributed by atoms with E-state index in [9.17, 15) is 0 Å². The van der Waals surface area contributed by atoms with Gasteiger partial charge in [-0.15, -0.1) is 0 Å². The molecule has 0 spiro atoms. The van der Waals surface area contributed by atoms with E-state index in [1.807, 2.05) is 37.3 Å². The Hall–Kier alpha value is -2.97. The molecule has 3 aromatic rings. The number of piperidine rings is 1. The van der Waals surface area contributed by atoms with Crippen LogP contribution in [0.25, 0.3) is 11.3 Å². The number of hydrogen-bond acceptors (Lipinski definition) is 8. The van der Waals surface area contributed by atoms with Gasteiger partial charge in [-0.05, 0) is 50.9 Å². The van der Waals surface area contributed by atoms with Crippen molar-refractivity contribution in [3.63, 3.8) is 0 Å². The van der Waals surface area contributed by atoms with Crippen LogP contribution in [0, 0.1) is 6.92 Å². The molecule has 8 heteroatoms. The van der Waals surface area contributed by atoms with Crippen molar-refractivity contribution in [2.24, 2.45) is 0 Å². The van der Waals surface area contributed by atoms with E-state index < -0.39 is 0 Å². The van der Waals surface area contributed by atoms with Gasteiger partial charge < -0.3 is 24.6 Å². The van der Waals surface area contributed by atoms with Crippen molar-refractivity contribution in [1.82, 2.24) is 20.4 Å². The molecule has 2 aliphatic heterocycles. The van der Waals surface area contributed by atoms with Gasteiger partial charge in [-0.25, -0.2) is 9.97 Å². The van der Waals surface area contributed by atoms with Crippen LogP contribution in [0.15, 0.2) is 41.1 Å². The lowest BCUT2D eigenvalue weighted by Gasteiger charge is -2.24. The lowest BCUT2D eigenvalue weighted by atomic mass is 9.98. The highest BCUT2D eigenvalue weighted by molar-refractivity contribution is 5.66. The van der Waals surface area contributed by atoms with Gasteiger partial charge >= 0.3 is 0 Å². The molecule has 2 aliphatic rings. The Morgan fingerprint density at radius 2 is 2.19 bits per heavy atom. The third-order valence-corrected chi connectivity index (χ3v) is 5.76. The zero-order chi connectivity index (χ0) is 21.0. The number of hydrogen-bond donors (Lipinski definition) is 2. The van der Waals surface area contributed by atoms with Crippen molar-refractivity contribution in [2.45, 2.75) is 38.2 Å². The summed E-state index contributed by atoms with van der Waals surface area (Å²) >= 11 is 0. The van der Waals surface area contributed by atoms with Gasteiger partial charge in [-0.3, -0.25) is 0 Å². The van der Waals surface area contributed by atoms with Gasteiger partial charge in [-0.1, -0.05) is 11.2 Å². The molecule has 0 bridgehead atoms. The fraction of sp³-hybridized carbons (Fsp3) is 0.435. The number of rotatable bonds is 6. The minimum absolute atomic E-state index is 0.207. The molecule has 0 aliphatic carbocycles. The summed E-state index contributed by atoms with van der Waals surface area (Å²) in [5.74, 6) is 2.35. The number of ether oxygens (including phenoxy) is 2. The molecule has 31 heavy (non-hydrogen) atoms. The molecule has 2 saturated heterocycles. The molecule has 1 aromatic carbocycles. The third-order valence-electron chi connectivity index (χ3n) is 5.76. The highest BCUT2D eigenvalue weighted by atomic mass is 16.5. The maximum Gasteiger partial charge on any atom is 0.227 e. The molecule has 0 amide bonds. The summed E-state index contributed by atoms with van der Waals surface area (Å²) in [6, 6.07) is 9.80. The van der Waals surface area contributed by atoms with Crippen molar-refractivity contribution >= 4 is 11.6 Å². The lowest BCUT2D eigenvalue weighted by molar-refractivity contribution is 0.167. The average Bonchev–Trinajstić information content (AvgIpc) is 3.45. The van der Waals surface area contributed by atoms with Crippen molar-refractivity contribution in [3.8, 4) is 17.0 Å². The Bertz CT molecular complexity index is 1030. The fourth-order valence-electron chi connectivity index (χ4n) is 4.18. The van der Waals surface area contributed by atoms with E-state index in [2.05, 4.69) is 20.8 Å². The first-order chi connectivity index (χ1) is 15.3. The van der Waals surface area contributed by atoms with Gasteiger partial charge in [-0.2, -0.15) is 0 Å². The molecule has 2 atom stereocenters. The first-order valence-corrected chi connectivity index (χ1v) is 10.9. The summed E-state index contributed by atoms with van der Waals surface area (Å²) in [6.07, 6.45) is 5.11. The molecule has 0 saturated carbocycles. The predicted octanol–water partition coefficient (Wildman–Crippen LogP) is 3.82.